The van der Waals surface area contributed by atoms with Crippen LogP contribution >= 0.6 is 0 Å². The molecule has 0 saturated heterocycles. The van der Waals surface area contributed by atoms with Gasteiger partial charge < -0.3 is 5.11 Å². The molecule has 2 nitrogen and oxygen atoms in total. The zero-order valence-corrected chi connectivity index (χ0v) is 11.6. The van der Waals surface area contributed by atoms with Gasteiger partial charge in [0, 0.05) is 16.7 Å². The fourth-order valence-corrected chi connectivity index (χ4v) is 1.72. The largest absolute Gasteiger partial charge is 0.378 e. The highest BCUT2D eigenvalue weighted by Gasteiger charge is 2.09. The van der Waals surface area contributed by atoms with Gasteiger partial charge in [-0.05, 0) is 26.0 Å². The van der Waals surface area contributed by atoms with Crippen LogP contribution < -0.4 is 0 Å². The Kier molecular flexibility index (Phi) is 4.02. The van der Waals surface area contributed by atoms with Crippen molar-refractivity contribution in [3.05, 3.63) is 71.3 Å². The summed E-state index contributed by atoms with van der Waals surface area (Å²) in [4.78, 5) is 12.3. The van der Waals surface area contributed by atoms with Crippen LogP contribution in [-0.2, 0) is 0 Å². The van der Waals surface area contributed by atoms with Gasteiger partial charge in [0.05, 0.1) is 0 Å². The minimum Gasteiger partial charge on any atom is -0.378 e. The van der Waals surface area contributed by atoms with E-state index in [0.29, 0.717) is 16.7 Å². The zero-order chi connectivity index (χ0) is 14.6. The molecule has 0 radical (unpaired) electrons. The van der Waals surface area contributed by atoms with E-state index in [1.807, 2.05) is 24.3 Å². The standard InChI is InChI=1S/C18H16O2/c1-18(2,20)12-11-14-7-6-10-16(13-14)17(19)15-8-4-3-5-9-15/h3-10,13,20H,1-2H3. The molecule has 1 N–H and O–H groups in total. The smallest absolute Gasteiger partial charge is 0.193 e. The molecule has 0 aliphatic rings. The zero-order valence-electron chi connectivity index (χ0n) is 11.6. The number of aliphatic hydroxyl groups is 1. The Morgan fingerprint density at radius 1 is 1.00 bits per heavy atom. The Balaban J connectivity index is 2.31. The average Bonchev–Trinajstić information content (AvgIpc) is 2.45. The van der Waals surface area contributed by atoms with Crippen molar-refractivity contribution in [2.45, 2.75) is 19.4 Å². The fourth-order valence-electron chi connectivity index (χ4n) is 1.72. The maximum absolute atomic E-state index is 12.3. The lowest BCUT2D eigenvalue weighted by molar-refractivity contribution is 0.103. The van der Waals surface area contributed by atoms with E-state index >= 15 is 0 Å². The van der Waals surface area contributed by atoms with Crippen molar-refractivity contribution in [2.24, 2.45) is 0 Å². The van der Waals surface area contributed by atoms with Crippen molar-refractivity contribution in [1.29, 1.82) is 0 Å². The van der Waals surface area contributed by atoms with Gasteiger partial charge in [0.2, 0.25) is 0 Å². The van der Waals surface area contributed by atoms with Gasteiger partial charge in [-0.2, -0.15) is 0 Å². The first-order valence-corrected chi connectivity index (χ1v) is 6.41. The lowest BCUT2D eigenvalue weighted by Crippen LogP contribution is -2.14. The highest BCUT2D eigenvalue weighted by molar-refractivity contribution is 6.09. The Morgan fingerprint density at radius 2 is 1.65 bits per heavy atom. The van der Waals surface area contributed by atoms with Crippen molar-refractivity contribution in [3.63, 3.8) is 0 Å². The van der Waals surface area contributed by atoms with Crippen molar-refractivity contribution in [1.82, 2.24) is 0 Å². The third-order valence-corrected chi connectivity index (χ3v) is 2.67. The number of benzene rings is 2. The molecule has 2 heteroatoms. The molecule has 100 valence electrons. The lowest BCUT2D eigenvalue weighted by atomic mass is 10.0. The second-order valence-electron chi connectivity index (χ2n) is 5.08. The summed E-state index contributed by atoms with van der Waals surface area (Å²) >= 11 is 0. The number of rotatable bonds is 2. The Bertz CT molecular complexity index is 668. The third-order valence-electron chi connectivity index (χ3n) is 2.67. The second kappa shape index (κ2) is 5.73. The van der Waals surface area contributed by atoms with E-state index in [0.717, 1.165) is 0 Å². The van der Waals surface area contributed by atoms with E-state index in [1.54, 1.807) is 44.2 Å². The fraction of sp³-hybridized carbons (Fsp3) is 0.167. The molecule has 0 aliphatic heterocycles. The maximum atomic E-state index is 12.3. The third kappa shape index (κ3) is 3.81. The molecule has 2 aromatic rings. The molecule has 2 rings (SSSR count). The van der Waals surface area contributed by atoms with E-state index < -0.39 is 5.60 Å². The lowest BCUT2D eigenvalue weighted by Gasteiger charge is -2.06. The van der Waals surface area contributed by atoms with Crippen LogP contribution in [0.15, 0.2) is 54.6 Å². The molecule has 20 heavy (non-hydrogen) atoms. The molecular weight excluding hydrogens is 248 g/mol. The van der Waals surface area contributed by atoms with Gasteiger partial charge in [-0.25, -0.2) is 0 Å². The van der Waals surface area contributed by atoms with Crippen LogP contribution in [0.2, 0.25) is 0 Å². The summed E-state index contributed by atoms with van der Waals surface area (Å²) in [6, 6.07) is 16.3. The summed E-state index contributed by atoms with van der Waals surface area (Å²) in [6.07, 6.45) is 0. The van der Waals surface area contributed by atoms with Gasteiger partial charge in [-0.1, -0.05) is 54.3 Å². The van der Waals surface area contributed by atoms with E-state index in [9.17, 15) is 9.90 Å². The molecular formula is C18H16O2. The van der Waals surface area contributed by atoms with Crippen molar-refractivity contribution in [3.8, 4) is 11.8 Å². The highest BCUT2D eigenvalue weighted by Crippen LogP contribution is 2.11. The molecule has 0 atom stereocenters. The van der Waals surface area contributed by atoms with Crippen molar-refractivity contribution in [2.75, 3.05) is 0 Å². The van der Waals surface area contributed by atoms with Gasteiger partial charge in [-0.15, -0.1) is 0 Å². The van der Waals surface area contributed by atoms with Crippen molar-refractivity contribution < 1.29 is 9.90 Å². The average molecular weight is 264 g/mol. The Labute approximate surface area is 119 Å². The van der Waals surface area contributed by atoms with Crippen LogP contribution in [0.3, 0.4) is 0 Å². The SMILES string of the molecule is CC(C)(O)C#Cc1cccc(C(=O)c2ccccc2)c1. The summed E-state index contributed by atoms with van der Waals surface area (Å²) in [5.74, 6) is 5.59. The molecule has 0 spiro atoms. The van der Waals surface area contributed by atoms with Gasteiger partial charge in [0.25, 0.3) is 0 Å². The number of carbonyl (C=O) groups is 1. The summed E-state index contributed by atoms with van der Waals surface area (Å²) in [6.45, 7) is 3.25. The maximum Gasteiger partial charge on any atom is 0.193 e. The van der Waals surface area contributed by atoms with Gasteiger partial charge in [0.15, 0.2) is 5.78 Å². The number of ketones is 1. The van der Waals surface area contributed by atoms with Gasteiger partial charge >= 0.3 is 0 Å². The monoisotopic (exact) mass is 264 g/mol. The van der Waals surface area contributed by atoms with E-state index in [2.05, 4.69) is 11.8 Å². The van der Waals surface area contributed by atoms with E-state index in [1.165, 1.54) is 0 Å². The van der Waals surface area contributed by atoms with Crippen LogP contribution in [0.25, 0.3) is 0 Å². The summed E-state index contributed by atoms with van der Waals surface area (Å²) < 4.78 is 0. The normalized spacial score (nSPS) is 10.6. The van der Waals surface area contributed by atoms with Crippen molar-refractivity contribution >= 4 is 5.78 Å². The predicted molar refractivity (Wildman–Crippen MR) is 79.5 cm³/mol. The van der Waals surface area contributed by atoms with E-state index in [4.69, 9.17) is 0 Å². The number of hydrogen-bond donors (Lipinski definition) is 1. The molecule has 0 bridgehead atoms. The second-order valence-corrected chi connectivity index (χ2v) is 5.08. The number of carbonyl (C=O) groups excluding carboxylic acids is 1. The minimum atomic E-state index is -1.04. The quantitative estimate of drug-likeness (QED) is 0.668. The van der Waals surface area contributed by atoms with Crippen LogP contribution in [0.5, 0.6) is 0 Å². The van der Waals surface area contributed by atoms with Crippen LogP contribution in [0.4, 0.5) is 0 Å². The van der Waals surface area contributed by atoms with E-state index in [-0.39, 0.29) is 5.78 Å². The first-order chi connectivity index (χ1) is 9.46. The topological polar surface area (TPSA) is 37.3 Å². The van der Waals surface area contributed by atoms with Crippen LogP contribution in [0.1, 0.15) is 35.3 Å². The first-order valence-electron chi connectivity index (χ1n) is 6.41. The first kappa shape index (κ1) is 14.0. The van der Waals surface area contributed by atoms with Crippen LogP contribution in [-0.4, -0.2) is 16.5 Å². The predicted octanol–water partition coefficient (Wildman–Crippen LogP) is 3.04. The molecule has 0 aliphatic carbocycles. The molecule has 0 saturated carbocycles. The van der Waals surface area contributed by atoms with Crippen LogP contribution in [0, 0.1) is 11.8 Å². The summed E-state index contributed by atoms with van der Waals surface area (Å²) in [5, 5.41) is 9.59. The number of hydrogen-bond acceptors (Lipinski definition) is 2. The summed E-state index contributed by atoms with van der Waals surface area (Å²) in [7, 11) is 0. The Morgan fingerprint density at radius 3 is 2.30 bits per heavy atom. The molecule has 0 heterocycles. The van der Waals surface area contributed by atoms with Gasteiger partial charge in [0.1, 0.15) is 5.60 Å². The summed E-state index contributed by atoms with van der Waals surface area (Å²) in [5.41, 5.74) is 0.923. The molecule has 0 aromatic heterocycles. The molecule has 2 aromatic carbocycles. The molecule has 0 fully saturated rings. The minimum absolute atomic E-state index is 0.0301. The highest BCUT2D eigenvalue weighted by atomic mass is 16.3. The Hall–Kier alpha value is -2.37. The molecule has 0 amide bonds. The molecule has 0 unspecified atom stereocenters. The van der Waals surface area contributed by atoms with Gasteiger partial charge in [-0.3, -0.25) is 4.79 Å².